The number of hydrogen-bond acceptors (Lipinski definition) is 6. The van der Waals surface area contributed by atoms with Crippen LogP contribution >= 0.6 is 11.3 Å². The molecule has 2 heterocycles. The lowest BCUT2D eigenvalue weighted by Crippen LogP contribution is -2.00. The molecule has 0 N–H and O–H groups in total. The van der Waals surface area contributed by atoms with Gasteiger partial charge in [-0.1, -0.05) is 5.16 Å². The summed E-state index contributed by atoms with van der Waals surface area (Å²) >= 11 is 1.59. The molecule has 0 saturated carbocycles. The Morgan fingerprint density at radius 3 is 2.89 bits per heavy atom. The summed E-state index contributed by atoms with van der Waals surface area (Å²) in [7, 11) is 1.40. The smallest absolute Gasteiger partial charge is 0.305 e. The molecular formula is C13H16N2O3S. The first-order valence-corrected chi connectivity index (χ1v) is 6.94. The summed E-state index contributed by atoms with van der Waals surface area (Å²) in [6.07, 6.45) is 1.96. The van der Waals surface area contributed by atoms with Crippen molar-refractivity contribution in [1.82, 2.24) is 10.1 Å². The predicted molar refractivity (Wildman–Crippen MR) is 72.0 cm³/mol. The van der Waals surface area contributed by atoms with Gasteiger partial charge in [-0.25, -0.2) is 4.98 Å². The first-order chi connectivity index (χ1) is 9.11. The van der Waals surface area contributed by atoms with Gasteiger partial charge in [0.2, 0.25) is 0 Å². The van der Waals surface area contributed by atoms with E-state index in [1.54, 1.807) is 11.3 Å². The number of carbonyl (C=O) groups is 1. The number of aromatic nitrogens is 2. The number of methoxy groups -OCH3 is 1. The van der Waals surface area contributed by atoms with Crippen LogP contribution in [0.5, 0.6) is 0 Å². The molecule has 0 atom stereocenters. The Labute approximate surface area is 115 Å². The summed E-state index contributed by atoms with van der Waals surface area (Å²) in [6, 6.07) is 0. The molecule has 0 aliphatic carbocycles. The Morgan fingerprint density at radius 2 is 2.26 bits per heavy atom. The molecule has 0 radical (unpaired) electrons. The van der Waals surface area contributed by atoms with Crippen molar-refractivity contribution in [2.24, 2.45) is 0 Å². The SMILES string of the molecule is COC(=O)CCCc1nc(-c2c(C)noc2C)cs1. The first-order valence-electron chi connectivity index (χ1n) is 6.06. The fourth-order valence-electron chi connectivity index (χ4n) is 1.88. The Hall–Kier alpha value is -1.69. The van der Waals surface area contributed by atoms with Crippen molar-refractivity contribution in [3.63, 3.8) is 0 Å². The van der Waals surface area contributed by atoms with Crippen LogP contribution in [0.25, 0.3) is 11.3 Å². The van der Waals surface area contributed by atoms with E-state index < -0.39 is 0 Å². The molecule has 0 saturated heterocycles. The quantitative estimate of drug-likeness (QED) is 0.788. The molecule has 0 fully saturated rings. The molecular weight excluding hydrogens is 264 g/mol. The number of rotatable bonds is 5. The minimum Gasteiger partial charge on any atom is -0.469 e. The lowest BCUT2D eigenvalue weighted by Gasteiger charge is -1.97. The highest BCUT2D eigenvalue weighted by Crippen LogP contribution is 2.28. The number of hydrogen-bond donors (Lipinski definition) is 0. The number of ether oxygens (including phenoxy) is 1. The Kier molecular flexibility index (Phi) is 4.31. The second-order valence-electron chi connectivity index (χ2n) is 4.26. The maximum Gasteiger partial charge on any atom is 0.305 e. The largest absolute Gasteiger partial charge is 0.469 e. The maximum atomic E-state index is 11.0. The van der Waals surface area contributed by atoms with E-state index >= 15 is 0 Å². The predicted octanol–water partition coefficient (Wildman–Crippen LogP) is 2.91. The molecule has 19 heavy (non-hydrogen) atoms. The number of esters is 1. The fourth-order valence-corrected chi connectivity index (χ4v) is 2.71. The third-order valence-electron chi connectivity index (χ3n) is 2.84. The molecule has 6 heteroatoms. The number of aryl methyl sites for hydroxylation is 3. The molecule has 2 aromatic rings. The molecule has 0 spiro atoms. The minimum atomic E-state index is -0.178. The van der Waals surface area contributed by atoms with E-state index in [0.29, 0.717) is 6.42 Å². The van der Waals surface area contributed by atoms with E-state index in [2.05, 4.69) is 14.9 Å². The van der Waals surface area contributed by atoms with Gasteiger partial charge in [0, 0.05) is 11.8 Å². The molecule has 0 aromatic carbocycles. The molecule has 0 unspecified atom stereocenters. The Balaban J connectivity index is 2.02. The van der Waals surface area contributed by atoms with Crippen LogP contribution in [0, 0.1) is 13.8 Å². The fraction of sp³-hybridized carbons (Fsp3) is 0.462. The van der Waals surface area contributed by atoms with E-state index in [9.17, 15) is 4.79 Å². The van der Waals surface area contributed by atoms with E-state index in [-0.39, 0.29) is 5.97 Å². The average Bonchev–Trinajstić information content (AvgIpc) is 2.96. The second-order valence-corrected chi connectivity index (χ2v) is 5.20. The van der Waals surface area contributed by atoms with Gasteiger partial charge < -0.3 is 9.26 Å². The second kappa shape index (κ2) is 5.97. The summed E-state index contributed by atoms with van der Waals surface area (Å²) < 4.78 is 9.75. The van der Waals surface area contributed by atoms with Gasteiger partial charge in [0.1, 0.15) is 5.76 Å². The average molecular weight is 280 g/mol. The van der Waals surface area contributed by atoms with Gasteiger partial charge in [0.05, 0.1) is 29.1 Å². The molecule has 5 nitrogen and oxygen atoms in total. The summed E-state index contributed by atoms with van der Waals surface area (Å²) in [5.74, 6) is 0.603. The van der Waals surface area contributed by atoms with E-state index in [1.165, 1.54) is 7.11 Å². The van der Waals surface area contributed by atoms with Gasteiger partial charge in [-0.15, -0.1) is 11.3 Å². The molecule has 2 aromatic heterocycles. The topological polar surface area (TPSA) is 65.2 Å². The monoisotopic (exact) mass is 280 g/mol. The van der Waals surface area contributed by atoms with Crippen LogP contribution in [-0.4, -0.2) is 23.2 Å². The minimum absolute atomic E-state index is 0.178. The first kappa shape index (κ1) is 13.7. The summed E-state index contributed by atoms with van der Waals surface area (Å²) in [4.78, 5) is 15.6. The van der Waals surface area contributed by atoms with Crippen molar-refractivity contribution in [2.75, 3.05) is 7.11 Å². The summed E-state index contributed by atoms with van der Waals surface area (Å²) in [5, 5.41) is 6.94. The van der Waals surface area contributed by atoms with Crippen molar-refractivity contribution in [2.45, 2.75) is 33.1 Å². The normalized spacial score (nSPS) is 10.7. The van der Waals surface area contributed by atoms with E-state index in [4.69, 9.17) is 4.52 Å². The van der Waals surface area contributed by atoms with Crippen LogP contribution in [0.15, 0.2) is 9.90 Å². The van der Waals surface area contributed by atoms with E-state index in [0.717, 1.165) is 40.6 Å². The van der Waals surface area contributed by atoms with Gasteiger partial charge in [0.15, 0.2) is 0 Å². The zero-order valence-corrected chi connectivity index (χ0v) is 12.0. The molecule has 0 aliphatic rings. The van der Waals surface area contributed by atoms with Crippen LogP contribution in [0.3, 0.4) is 0 Å². The number of nitrogens with zero attached hydrogens (tertiary/aromatic N) is 2. The van der Waals surface area contributed by atoms with Crippen molar-refractivity contribution in [3.05, 3.63) is 21.8 Å². The van der Waals surface area contributed by atoms with Gasteiger partial charge >= 0.3 is 5.97 Å². The number of carbonyl (C=O) groups excluding carboxylic acids is 1. The van der Waals surface area contributed by atoms with Gasteiger partial charge in [-0.05, 0) is 26.7 Å². The van der Waals surface area contributed by atoms with E-state index in [1.807, 2.05) is 19.2 Å². The highest BCUT2D eigenvalue weighted by molar-refractivity contribution is 7.09. The maximum absolute atomic E-state index is 11.0. The van der Waals surface area contributed by atoms with Crippen LogP contribution < -0.4 is 0 Å². The molecule has 0 amide bonds. The Bertz CT molecular complexity index is 555. The van der Waals surface area contributed by atoms with Crippen LogP contribution in [0.4, 0.5) is 0 Å². The molecule has 0 bridgehead atoms. The van der Waals surface area contributed by atoms with Crippen molar-refractivity contribution < 1.29 is 14.1 Å². The molecule has 102 valence electrons. The van der Waals surface area contributed by atoms with Crippen LogP contribution in [-0.2, 0) is 16.0 Å². The third-order valence-corrected chi connectivity index (χ3v) is 3.75. The summed E-state index contributed by atoms with van der Waals surface area (Å²) in [6.45, 7) is 3.79. The van der Waals surface area contributed by atoms with Crippen molar-refractivity contribution >= 4 is 17.3 Å². The summed E-state index contributed by atoms with van der Waals surface area (Å²) in [5.41, 5.74) is 2.72. The lowest BCUT2D eigenvalue weighted by atomic mass is 10.1. The highest BCUT2D eigenvalue weighted by atomic mass is 32.1. The van der Waals surface area contributed by atoms with Crippen molar-refractivity contribution in [3.8, 4) is 11.3 Å². The lowest BCUT2D eigenvalue weighted by molar-refractivity contribution is -0.140. The van der Waals surface area contributed by atoms with Gasteiger partial charge in [0.25, 0.3) is 0 Å². The Morgan fingerprint density at radius 1 is 1.47 bits per heavy atom. The number of thiazole rings is 1. The highest BCUT2D eigenvalue weighted by Gasteiger charge is 2.14. The van der Waals surface area contributed by atoms with Crippen molar-refractivity contribution in [1.29, 1.82) is 0 Å². The molecule has 2 rings (SSSR count). The third kappa shape index (κ3) is 3.20. The van der Waals surface area contributed by atoms with Gasteiger partial charge in [-0.3, -0.25) is 4.79 Å². The van der Waals surface area contributed by atoms with Crippen LogP contribution in [0.1, 0.15) is 29.3 Å². The zero-order valence-electron chi connectivity index (χ0n) is 11.2. The van der Waals surface area contributed by atoms with Crippen LogP contribution in [0.2, 0.25) is 0 Å². The standard InChI is InChI=1S/C13H16N2O3S/c1-8-13(9(2)18-15-8)10-7-19-11(14-10)5-4-6-12(16)17-3/h7H,4-6H2,1-3H3. The molecule has 0 aliphatic heterocycles. The zero-order chi connectivity index (χ0) is 13.8. The van der Waals surface area contributed by atoms with Gasteiger partial charge in [-0.2, -0.15) is 0 Å².